The number of amides is 2. The maximum atomic E-state index is 11.5. The maximum absolute atomic E-state index is 11.5. The Labute approximate surface area is 106 Å². The maximum Gasteiger partial charge on any atom is 0.315 e. The molecule has 1 saturated heterocycles. The van der Waals surface area contributed by atoms with E-state index in [1.807, 2.05) is 11.8 Å². The molecule has 0 radical (unpaired) electrons. The first-order valence-corrected chi connectivity index (χ1v) is 7.18. The Balaban J connectivity index is 1.98. The third-order valence-electron chi connectivity index (χ3n) is 2.60. The Bertz CT molecular complexity index is 255. The zero-order valence-corrected chi connectivity index (χ0v) is 10.7. The number of thioether (sulfide) groups is 1. The van der Waals surface area contributed by atoms with Gasteiger partial charge in [0.15, 0.2) is 0 Å². The van der Waals surface area contributed by atoms with Gasteiger partial charge in [-0.1, -0.05) is 0 Å². The van der Waals surface area contributed by atoms with Crippen LogP contribution in [0.3, 0.4) is 0 Å². The summed E-state index contributed by atoms with van der Waals surface area (Å²) in [7, 11) is 0. The second kappa shape index (κ2) is 8.22. The van der Waals surface area contributed by atoms with E-state index in [-0.39, 0.29) is 18.5 Å². The van der Waals surface area contributed by atoms with E-state index >= 15 is 0 Å². The van der Waals surface area contributed by atoms with Crippen molar-refractivity contribution in [3.63, 3.8) is 0 Å². The monoisotopic (exact) mass is 260 g/mol. The number of carboxylic acid groups (broad SMARTS) is 1. The molecule has 1 rings (SSSR count). The third-order valence-corrected chi connectivity index (χ3v) is 3.81. The fraction of sp³-hybridized carbons (Fsp3) is 0.818. The van der Waals surface area contributed by atoms with Gasteiger partial charge in [0.25, 0.3) is 0 Å². The minimum absolute atomic E-state index is 0.132. The predicted molar refractivity (Wildman–Crippen MR) is 68.4 cm³/mol. The van der Waals surface area contributed by atoms with Crippen LogP contribution in [0.15, 0.2) is 0 Å². The third kappa shape index (κ3) is 7.10. The van der Waals surface area contributed by atoms with Crippen LogP contribution >= 0.6 is 11.8 Å². The second-order valence-electron chi connectivity index (χ2n) is 4.17. The van der Waals surface area contributed by atoms with Crippen molar-refractivity contribution in [3.8, 4) is 0 Å². The van der Waals surface area contributed by atoms with Crippen LogP contribution in [0, 0.1) is 0 Å². The Kier molecular flexibility index (Phi) is 6.84. The highest BCUT2D eigenvalue weighted by Gasteiger charge is 2.15. The normalized spacial score (nSPS) is 19.6. The predicted octanol–water partition coefficient (Wildman–Crippen LogP) is 1.44. The number of carbonyl (C=O) groups is 2. The lowest BCUT2D eigenvalue weighted by Gasteiger charge is -2.22. The van der Waals surface area contributed by atoms with Crippen molar-refractivity contribution in [1.82, 2.24) is 10.6 Å². The summed E-state index contributed by atoms with van der Waals surface area (Å²) in [6.07, 6.45) is 3.70. The van der Waals surface area contributed by atoms with Gasteiger partial charge in [0.05, 0.1) is 0 Å². The van der Waals surface area contributed by atoms with Gasteiger partial charge in [-0.05, 0) is 31.4 Å². The second-order valence-corrected chi connectivity index (χ2v) is 5.31. The minimum Gasteiger partial charge on any atom is -0.481 e. The van der Waals surface area contributed by atoms with Crippen molar-refractivity contribution in [1.29, 1.82) is 0 Å². The van der Waals surface area contributed by atoms with Crippen LogP contribution in [-0.4, -0.2) is 41.2 Å². The van der Waals surface area contributed by atoms with E-state index in [1.165, 1.54) is 5.75 Å². The summed E-state index contributed by atoms with van der Waals surface area (Å²) in [5.74, 6) is 1.40. The molecule has 1 heterocycles. The largest absolute Gasteiger partial charge is 0.481 e. The number of urea groups is 1. The highest BCUT2D eigenvalue weighted by Crippen LogP contribution is 2.16. The zero-order chi connectivity index (χ0) is 12.5. The summed E-state index contributed by atoms with van der Waals surface area (Å²) >= 11 is 1.87. The van der Waals surface area contributed by atoms with Crippen molar-refractivity contribution in [3.05, 3.63) is 0 Å². The Morgan fingerprint density at radius 3 is 2.82 bits per heavy atom. The molecule has 2 amide bonds. The minimum atomic E-state index is -0.784. The first kappa shape index (κ1) is 14.2. The van der Waals surface area contributed by atoms with Crippen molar-refractivity contribution in [2.45, 2.75) is 38.1 Å². The summed E-state index contributed by atoms with van der Waals surface area (Å²) in [5, 5.41) is 14.1. The van der Waals surface area contributed by atoms with Crippen LogP contribution in [0.25, 0.3) is 0 Å². The number of nitrogens with one attached hydrogen (secondary N) is 2. The lowest BCUT2D eigenvalue weighted by Crippen LogP contribution is -2.44. The van der Waals surface area contributed by atoms with E-state index in [9.17, 15) is 9.59 Å². The Morgan fingerprint density at radius 1 is 1.35 bits per heavy atom. The molecule has 0 aromatic carbocycles. The number of hydrogen-bond donors (Lipinski definition) is 3. The number of carboxylic acids is 1. The summed E-state index contributed by atoms with van der Waals surface area (Å²) in [5.41, 5.74) is 0. The molecule has 0 saturated carbocycles. The molecule has 5 nitrogen and oxygen atoms in total. The smallest absolute Gasteiger partial charge is 0.315 e. The summed E-state index contributed by atoms with van der Waals surface area (Å²) < 4.78 is 0. The quantitative estimate of drug-likeness (QED) is 0.631. The summed E-state index contributed by atoms with van der Waals surface area (Å²) in [6, 6.07) is 0.153. The summed E-state index contributed by atoms with van der Waals surface area (Å²) in [6.45, 7) is 0.541. The van der Waals surface area contributed by atoms with Crippen molar-refractivity contribution < 1.29 is 14.7 Å². The first-order chi connectivity index (χ1) is 8.18. The molecule has 3 N–H and O–H groups in total. The molecule has 0 aliphatic carbocycles. The first-order valence-electron chi connectivity index (χ1n) is 6.02. The molecule has 0 aromatic rings. The fourth-order valence-electron chi connectivity index (χ4n) is 1.69. The van der Waals surface area contributed by atoms with E-state index in [0.29, 0.717) is 19.4 Å². The van der Waals surface area contributed by atoms with Crippen LogP contribution in [-0.2, 0) is 4.79 Å². The molecule has 1 aliphatic heterocycles. The van der Waals surface area contributed by atoms with Crippen LogP contribution in [0.2, 0.25) is 0 Å². The molecule has 6 heteroatoms. The fourth-order valence-corrected chi connectivity index (χ4v) is 2.77. The van der Waals surface area contributed by atoms with Gasteiger partial charge in [-0.2, -0.15) is 11.8 Å². The van der Waals surface area contributed by atoms with Crippen molar-refractivity contribution >= 4 is 23.8 Å². The van der Waals surface area contributed by atoms with Gasteiger partial charge in [-0.25, -0.2) is 4.79 Å². The van der Waals surface area contributed by atoms with Crippen LogP contribution in [0.5, 0.6) is 0 Å². The van der Waals surface area contributed by atoms with Gasteiger partial charge in [-0.3, -0.25) is 4.79 Å². The lowest BCUT2D eigenvalue weighted by molar-refractivity contribution is -0.137. The van der Waals surface area contributed by atoms with Crippen molar-refractivity contribution in [2.24, 2.45) is 0 Å². The molecule has 17 heavy (non-hydrogen) atoms. The zero-order valence-electron chi connectivity index (χ0n) is 9.91. The molecule has 1 atom stereocenters. The molecular weight excluding hydrogens is 240 g/mol. The topological polar surface area (TPSA) is 78.4 Å². The van der Waals surface area contributed by atoms with Gasteiger partial charge in [0.1, 0.15) is 0 Å². The van der Waals surface area contributed by atoms with Gasteiger partial charge in [0, 0.05) is 24.8 Å². The Hall–Kier alpha value is -0.910. The molecule has 1 unspecified atom stereocenters. The number of rotatable bonds is 6. The van der Waals surface area contributed by atoms with Crippen LogP contribution < -0.4 is 10.6 Å². The molecule has 1 aliphatic rings. The summed E-state index contributed by atoms with van der Waals surface area (Å²) in [4.78, 5) is 21.7. The van der Waals surface area contributed by atoms with Crippen molar-refractivity contribution in [2.75, 3.05) is 18.1 Å². The van der Waals surface area contributed by atoms with E-state index in [4.69, 9.17) is 5.11 Å². The Morgan fingerprint density at radius 2 is 2.18 bits per heavy atom. The highest BCUT2D eigenvalue weighted by molar-refractivity contribution is 7.99. The van der Waals surface area contributed by atoms with Crippen LogP contribution in [0.4, 0.5) is 4.79 Å². The van der Waals surface area contributed by atoms with E-state index in [2.05, 4.69) is 10.6 Å². The van der Waals surface area contributed by atoms with Gasteiger partial charge >= 0.3 is 12.0 Å². The van der Waals surface area contributed by atoms with E-state index in [0.717, 1.165) is 18.6 Å². The standard InChI is InChI=1S/C11H20N2O3S/c14-10(15)5-1-2-6-12-11(16)13-9-4-3-7-17-8-9/h9H,1-8H2,(H,14,15)(H2,12,13,16). The number of hydrogen-bond acceptors (Lipinski definition) is 3. The van der Waals surface area contributed by atoms with Gasteiger partial charge < -0.3 is 15.7 Å². The van der Waals surface area contributed by atoms with Gasteiger partial charge in [0.2, 0.25) is 0 Å². The highest BCUT2D eigenvalue weighted by atomic mass is 32.2. The molecule has 0 bridgehead atoms. The average Bonchev–Trinajstić information content (AvgIpc) is 2.29. The van der Waals surface area contributed by atoms with Crippen LogP contribution in [0.1, 0.15) is 32.1 Å². The number of unbranched alkanes of at least 4 members (excludes halogenated alkanes) is 1. The van der Waals surface area contributed by atoms with E-state index < -0.39 is 5.97 Å². The lowest BCUT2D eigenvalue weighted by atomic mass is 10.2. The molecule has 0 aromatic heterocycles. The SMILES string of the molecule is O=C(O)CCCCNC(=O)NC1CCCSC1. The molecule has 1 fully saturated rings. The molecular formula is C11H20N2O3S. The number of carbonyl (C=O) groups excluding carboxylic acids is 1. The molecule has 0 spiro atoms. The van der Waals surface area contributed by atoms with E-state index in [1.54, 1.807) is 0 Å². The number of aliphatic carboxylic acids is 1. The van der Waals surface area contributed by atoms with Gasteiger partial charge in [-0.15, -0.1) is 0 Å². The molecule has 98 valence electrons. The average molecular weight is 260 g/mol.